The highest BCUT2D eigenvalue weighted by Crippen LogP contribution is 2.29. The molecule has 1 aromatic heterocycles. The van der Waals surface area contributed by atoms with E-state index < -0.39 is 5.41 Å². The highest BCUT2D eigenvalue weighted by molar-refractivity contribution is 8.00. The molecule has 0 bridgehead atoms. The molecule has 0 aliphatic carbocycles. The average molecular weight is 322 g/mol. The van der Waals surface area contributed by atoms with E-state index in [1.807, 2.05) is 45.0 Å². The minimum atomic E-state index is -0.442. The van der Waals surface area contributed by atoms with Gasteiger partial charge in [-0.3, -0.25) is 4.79 Å². The maximum Gasteiger partial charge on any atom is 0.231 e. The van der Waals surface area contributed by atoms with Crippen LogP contribution in [0.1, 0.15) is 26.3 Å². The van der Waals surface area contributed by atoms with Crippen molar-refractivity contribution < 1.29 is 4.79 Å². The minimum absolute atomic E-state index is 0.0614. The van der Waals surface area contributed by atoms with E-state index >= 15 is 0 Å². The van der Waals surface area contributed by atoms with Crippen LogP contribution in [0.5, 0.6) is 0 Å². The number of aromatic nitrogens is 2. The summed E-state index contributed by atoms with van der Waals surface area (Å²) in [6.07, 6.45) is 0. The molecular formula is C14H18N4OS2. The number of rotatable bonds is 4. The third-order valence-electron chi connectivity index (χ3n) is 2.65. The Morgan fingerprint density at radius 2 is 1.95 bits per heavy atom. The molecule has 3 N–H and O–H groups in total. The topological polar surface area (TPSA) is 80.9 Å². The monoisotopic (exact) mass is 322 g/mol. The van der Waals surface area contributed by atoms with Gasteiger partial charge >= 0.3 is 0 Å². The molecule has 0 aliphatic rings. The Hall–Kier alpha value is -1.60. The van der Waals surface area contributed by atoms with Gasteiger partial charge in [0.15, 0.2) is 4.34 Å². The number of nitrogens with zero attached hydrogens (tertiary/aromatic N) is 2. The van der Waals surface area contributed by atoms with Gasteiger partial charge in [-0.05, 0) is 17.7 Å². The van der Waals surface area contributed by atoms with Crippen molar-refractivity contribution in [3.63, 3.8) is 0 Å². The molecule has 2 aromatic rings. The van der Waals surface area contributed by atoms with Gasteiger partial charge in [-0.2, -0.15) is 0 Å². The first-order chi connectivity index (χ1) is 9.84. The summed E-state index contributed by atoms with van der Waals surface area (Å²) in [5.41, 5.74) is 7.14. The van der Waals surface area contributed by atoms with Gasteiger partial charge in [0.25, 0.3) is 0 Å². The van der Waals surface area contributed by atoms with Crippen molar-refractivity contribution in [2.75, 3.05) is 11.1 Å². The maximum absolute atomic E-state index is 11.9. The number of nitrogens with two attached hydrogens (primary N) is 1. The fourth-order valence-electron chi connectivity index (χ4n) is 1.36. The molecule has 5 nitrogen and oxygen atoms in total. The summed E-state index contributed by atoms with van der Waals surface area (Å²) in [5, 5.41) is 11.4. The van der Waals surface area contributed by atoms with E-state index in [-0.39, 0.29) is 5.91 Å². The number of hydrogen-bond donors (Lipinski definition) is 2. The van der Waals surface area contributed by atoms with Crippen LogP contribution < -0.4 is 11.1 Å². The number of carbonyl (C=O) groups excluding carboxylic acids is 1. The fraction of sp³-hybridized carbons (Fsp3) is 0.357. The van der Waals surface area contributed by atoms with E-state index in [0.717, 1.165) is 15.8 Å². The number of amides is 1. The summed E-state index contributed by atoms with van der Waals surface area (Å²) in [4.78, 5) is 11.9. The molecule has 0 spiro atoms. The summed E-state index contributed by atoms with van der Waals surface area (Å²) < 4.78 is 0.830. The van der Waals surface area contributed by atoms with Crippen LogP contribution in [-0.2, 0) is 10.5 Å². The molecule has 0 saturated heterocycles. The van der Waals surface area contributed by atoms with Crippen LogP contribution in [0.25, 0.3) is 0 Å². The van der Waals surface area contributed by atoms with Gasteiger partial charge in [0.2, 0.25) is 11.0 Å². The predicted molar refractivity (Wildman–Crippen MR) is 88.4 cm³/mol. The average Bonchev–Trinajstić information content (AvgIpc) is 2.85. The maximum atomic E-state index is 11.9. The lowest BCUT2D eigenvalue weighted by Gasteiger charge is -2.15. The van der Waals surface area contributed by atoms with Gasteiger partial charge in [0, 0.05) is 16.9 Å². The van der Waals surface area contributed by atoms with E-state index in [9.17, 15) is 4.79 Å². The van der Waals surface area contributed by atoms with Gasteiger partial charge in [-0.25, -0.2) is 0 Å². The smallest absolute Gasteiger partial charge is 0.231 e. The Morgan fingerprint density at radius 1 is 1.29 bits per heavy atom. The number of carbonyl (C=O) groups is 1. The molecular weight excluding hydrogens is 304 g/mol. The first kappa shape index (κ1) is 15.8. The Kier molecular flexibility index (Phi) is 4.84. The Bertz CT molecular complexity index is 617. The van der Waals surface area contributed by atoms with Crippen LogP contribution >= 0.6 is 23.1 Å². The van der Waals surface area contributed by atoms with E-state index in [1.165, 1.54) is 16.9 Å². The Morgan fingerprint density at radius 3 is 2.57 bits per heavy atom. The van der Waals surface area contributed by atoms with Crippen LogP contribution in [0.2, 0.25) is 0 Å². The molecule has 1 heterocycles. The lowest BCUT2D eigenvalue weighted by molar-refractivity contribution is -0.123. The van der Waals surface area contributed by atoms with Crippen LogP contribution in [-0.4, -0.2) is 16.1 Å². The lowest BCUT2D eigenvalue weighted by atomic mass is 9.96. The molecule has 1 aromatic carbocycles. The molecule has 21 heavy (non-hydrogen) atoms. The highest BCUT2D eigenvalue weighted by Gasteiger charge is 2.22. The van der Waals surface area contributed by atoms with Crippen molar-refractivity contribution in [2.24, 2.45) is 5.41 Å². The largest absolute Gasteiger partial charge is 0.399 e. The van der Waals surface area contributed by atoms with Crippen molar-refractivity contribution in [3.05, 3.63) is 29.8 Å². The van der Waals surface area contributed by atoms with Crippen molar-refractivity contribution in [3.8, 4) is 0 Å². The fourth-order valence-corrected chi connectivity index (χ4v) is 3.07. The van der Waals surface area contributed by atoms with E-state index in [1.54, 1.807) is 11.8 Å². The second kappa shape index (κ2) is 6.44. The summed E-state index contributed by atoms with van der Waals surface area (Å²) in [6.45, 7) is 5.58. The zero-order valence-corrected chi connectivity index (χ0v) is 13.8. The number of benzene rings is 1. The van der Waals surface area contributed by atoms with Gasteiger partial charge in [-0.1, -0.05) is 56.0 Å². The van der Waals surface area contributed by atoms with Crippen LogP contribution in [0.3, 0.4) is 0 Å². The van der Waals surface area contributed by atoms with Crippen LogP contribution in [0.15, 0.2) is 28.6 Å². The molecule has 2 rings (SSSR count). The molecule has 0 fully saturated rings. The van der Waals surface area contributed by atoms with Gasteiger partial charge in [-0.15, -0.1) is 10.2 Å². The zero-order chi connectivity index (χ0) is 15.5. The van der Waals surface area contributed by atoms with E-state index in [4.69, 9.17) is 5.73 Å². The van der Waals surface area contributed by atoms with Crippen LogP contribution in [0, 0.1) is 5.41 Å². The molecule has 112 valence electrons. The van der Waals surface area contributed by atoms with Gasteiger partial charge < -0.3 is 11.1 Å². The first-order valence-electron chi connectivity index (χ1n) is 6.47. The molecule has 0 unspecified atom stereocenters. The molecule has 0 radical (unpaired) electrons. The molecule has 0 saturated carbocycles. The number of hydrogen-bond acceptors (Lipinski definition) is 6. The SMILES string of the molecule is CC(C)(C)C(=O)Nc1nnc(SCc2ccc(N)cc2)s1. The quantitative estimate of drug-likeness (QED) is 0.512. The first-order valence-corrected chi connectivity index (χ1v) is 8.27. The second-order valence-corrected chi connectivity index (χ2v) is 7.81. The van der Waals surface area contributed by atoms with E-state index in [2.05, 4.69) is 15.5 Å². The minimum Gasteiger partial charge on any atom is -0.399 e. The van der Waals surface area contributed by atoms with E-state index in [0.29, 0.717) is 5.13 Å². The summed E-state index contributed by atoms with van der Waals surface area (Å²) >= 11 is 2.97. The third kappa shape index (κ3) is 4.71. The summed E-state index contributed by atoms with van der Waals surface area (Å²) in [6, 6.07) is 7.74. The highest BCUT2D eigenvalue weighted by atomic mass is 32.2. The molecule has 1 amide bonds. The Balaban J connectivity index is 1.91. The normalized spacial score (nSPS) is 11.4. The Labute approximate surface area is 132 Å². The van der Waals surface area contributed by atoms with Crippen molar-refractivity contribution >= 4 is 39.8 Å². The van der Waals surface area contributed by atoms with Crippen molar-refractivity contribution in [1.82, 2.24) is 10.2 Å². The number of anilines is 2. The second-order valence-electron chi connectivity index (χ2n) is 5.61. The van der Waals surface area contributed by atoms with Crippen molar-refractivity contribution in [2.45, 2.75) is 30.9 Å². The molecule has 0 aliphatic heterocycles. The number of nitrogen functional groups attached to an aromatic ring is 1. The van der Waals surface area contributed by atoms with Gasteiger partial charge in [0.05, 0.1) is 0 Å². The van der Waals surface area contributed by atoms with Crippen molar-refractivity contribution in [1.29, 1.82) is 0 Å². The third-order valence-corrected chi connectivity index (χ3v) is 4.69. The molecule has 7 heteroatoms. The zero-order valence-electron chi connectivity index (χ0n) is 12.2. The van der Waals surface area contributed by atoms with Crippen LogP contribution in [0.4, 0.5) is 10.8 Å². The lowest BCUT2D eigenvalue weighted by Crippen LogP contribution is -2.27. The standard InChI is InChI=1S/C14H18N4OS2/c1-14(2,3)11(19)16-12-17-18-13(21-12)20-8-9-4-6-10(15)7-5-9/h4-7H,8,15H2,1-3H3,(H,16,17,19). The summed E-state index contributed by atoms with van der Waals surface area (Å²) in [7, 11) is 0. The number of nitrogens with one attached hydrogen (secondary N) is 1. The predicted octanol–water partition coefficient (Wildman–Crippen LogP) is 3.40. The van der Waals surface area contributed by atoms with Gasteiger partial charge in [0.1, 0.15) is 0 Å². The molecule has 0 atom stereocenters. The summed E-state index contributed by atoms with van der Waals surface area (Å²) in [5.74, 6) is 0.732. The number of thioether (sulfide) groups is 1.